The van der Waals surface area contributed by atoms with Crippen LogP contribution in [0, 0.1) is 0 Å². The van der Waals surface area contributed by atoms with Crippen LogP contribution >= 0.6 is 11.6 Å². The van der Waals surface area contributed by atoms with Crippen LogP contribution in [0.1, 0.15) is 26.7 Å². The summed E-state index contributed by atoms with van der Waals surface area (Å²) < 4.78 is 26.6. The molecule has 1 aliphatic heterocycles. The summed E-state index contributed by atoms with van der Waals surface area (Å²) in [6, 6.07) is 6.18. The molecule has 0 aliphatic carbocycles. The topological polar surface area (TPSA) is 69.7 Å². The molecular formula is C16H24ClN3O3S. The number of hydrogen-bond donors (Lipinski definition) is 1. The van der Waals surface area contributed by atoms with Crippen LogP contribution < -0.4 is 5.32 Å². The maximum atomic E-state index is 12.6. The lowest BCUT2D eigenvalue weighted by Crippen LogP contribution is -2.54. The molecule has 1 aromatic rings. The summed E-state index contributed by atoms with van der Waals surface area (Å²) in [7, 11) is -3.54. The number of rotatable bonds is 5. The van der Waals surface area contributed by atoms with Gasteiger partial charge in [0.05, 0.1) is 4.90 Å². The molecule has 0 atom stereocenters. The molecule has 6 nitrogen and oxygen atoms in total. The van der Waals surface area contributed by atoms with Crippen molar-refractivity contribution in [1.29, 1.82) is 0 Å². The Morgan fingerprint density at radius 2 is 1.67 bits per heavy atom. The quantitative estimate of drug-likeness (QED) is 0.862. The summed E-state index contributed by atoms with van der Waals surface area (Å²) in [5.41, 5.74) is 0. The summed E-state index contributed by atoms with van der Waals surface area (Å²) >= 11 is 5.81. The molecule has 1 heterocycles. The molecule has 134 valence electrons. The predicted molar refractivity (Wildman–Crippen MR) is 94.7 cm³/mol. The molecule has 8 heteroatoms. The van der Waals surface area contributed by atoms with Crippen molar-refractivity contribution < 1.29 is 13.2 Å². The molecule has 0 bridgehead atoms. The number of carbonyl (C=O) groups is 1. The van der Waals surface area contributed by atoms with E-state index in [4.69, 9.17) is 11.6 Å². The van der Waals surface area contributed by atoms with E-state index in [1.807, 2.05) is 13.8 Å². The molecule has 0 aromatic heterocycles. The van der Waals surface area contributed by atoms with Crippen LogP contribution in [0.25, 0.3) is 0 Å². The van der Waals surface area contributed by atoms with Crippen molar-refractivity contribution in [3.8, 4) is 0 Å². The Labute approximate surface area is 148 Å². The number of halogens is 1. The van der Waals surface area contributed by atoms with Gasteiger partial charge in [0, 0.05) is 37.2 Å². The van der Waals surface area contributed by atoms with Crippen molar-refractivity contribution >= 4 is 27.7 Å². The fraction of sp³-hybridized carbons (Fsp3) is 0.562. The van der Waals surface area contributed by atoms with E-state index in [2.05, 4.69) is 5.32 Å². The van der Waals surface area contributed by atoms with Gasteiger partial charge in [-0.1, -0.05) is 25.4 Å². The van der Waals surface area contributed by atoms with Crippen molar-refractivity contribution in [3.05, 3.63) is 29.3 Å². The molecule has 0 saturated carbocycles. The average Bonchev–Trinajstić information content (AvgIpc) is 2.60. The first-order valence-electron chi connectivity index (χ1n) is 8.19. The van der Waals surface area contributed by atoms with Gasteiger partial charge < -0.3 is 10.2 Å². The lowest BCUT2D eigenvalue weighted by atomic mass is 10.2. The Hall–Kier alpha value is -1.31. The normalized spacial score (nSPS) is 16.4. The van der Waals surface area contributed by atoms with Crippen molar-refractivity contribution in [1.82, 2.24) is 14.5 Å². The Morgan fingerprint density at radius 1 is 1.12 bits per heavy atom. The summed E-state index contributed by atoms with van der Waals surface area (Å²) in [4.78, 5) is 14.1. The van der Waals surface area contributed by atoms with Gasteiger partial charge in [0.25, 0.3) is 0 Å². The van der Waals surface area contributed by atoms with Gasteiger partial charge in [-0.2, -0.15) is 4.31 Å². The van der Waals surface area contributed by atoms with Crippen LogP contribution in [-0.4, -0.2) is 55.9 Å². The first-order chi connectivity index (χ1) is 11.4. The SMILES string of the molecule is CCC(CC)NC(=O)N1CCN(S(=O)(=O)c2ccc(Cl)cc2)CC1. The number of amides is 2. The van der Waals surface area contributed by atoms with Crippen molar-refractivity contribution in [2.75, 3.05) is 26.2 Å². The number of hydrogen-bond acceptors (Lipinski definition) is 3. The third-order valence-electron chi connectivity index (χ3n) is 4.29. The summed E-state index contributed by atoms with van der Waals surface area (Å²) in [5, 5.41) is 3.48. The molecule has 0 radical (unpaired) electrons. The lowest BCUT2D eigenvalue weighted by Gasteiger charge is -2.34. The van der Waals surface area contributed by atoms with E-state index in [0.717, 1.165) is 12.8 Å². The number of benzene rings is 1. The van der Waals surface area contributed by atoms with Crippen molar-refractivity contribution in [2.45, 2.75) is 37.6 Å². The number of nitrogens with zero attached hydrogens (tertiary/aromatic N) is 2. The summed E-state index contributed by atoms with van der Waals surface area (Å²) in [6.45, 7) is 5.43. The molecule has 1 fully saturated rings. The van der Waals surface area contributed by atoms with E-state index < -0.39 is 10.0 Å². The van der Waals surface area contributed by atoms with Crippen molar-refractivity contribution in [2.24, 2.45) is 0 Å². The zero-order valence-electron chi connectivity index (χ0n) is 14.0. The van der Waals surface area contributed by atoms with Gasteiger partial charge in [-0.15, -0.1) is 0 Å². The van der Waals surface area contributed by atoms with E-state index in [1.165, 1.54) is 16.4 Å². The fourth-order valence-electron chi connectivity index (χ4n) is 2.65. The highest BCUT2D eigenvalue weighted by molar-refractivity contribution is 7.89. The smallest absolute Gasteiger partial charge is 0.317 e. The maximum Gasteiger partial charge on any atom is 0.317 e. The second kappa shape index (κ2) is 8.18. The number of urea groups is 1. The molecule has 2 rings (SSSR count). The Balaban J connectivity index is 1.97. The zero-order chi connectivity index (χ0) is 17.7. The summed E-state index contributed by atoms with van der Waals surface area (Å²) in [5.74, 6) is 0. The highest BCUT2D eigenvalue weighted by atomic mass is 35.5. The van der Waals surface area contributed by atoms with E-state index >= 15 is 0 Å². The first-order valence-corrected chi connectivity index (χ1v) is 10.0. The van der Waals surface area contributed by atoms with Crippen LogP contribution in [-0.2, 0) is 10.0 Å². The van der Waals surface area contributed by atoms with Gasteiger partial charge in [-0.3, -0.25) is 0 Å². The second-order valence-electron chi connectivity index (χ2n) is 5.81. The van der Waals surface area contributed by atoms with Gasteiger partial charge in [0.2, 0.25) is 10.0 Å². The highest BCUT2D eigenvalue weighted by Crippen LogP contribution is 2.20. The Morgan fingerprint density at radius 3 is 2.17 bits per heavy atom. The van der Waals surface area contributed by atoms with Crippen LogP contribution in [0.4, 0.5) is 4.79 Å². The number of carbonyl (C=O) groups excluding carboxylic acids is 1. The molecule has 24 heavy (non-hydrogen) atoms. The molecule has 1 aromatic carbocycles. The molecule has 2 amide bonds. The van der Waals surface area contributed by atoms with Gasteiger partial charge >= 0.3 is 6.03 Å². The first kappa shape index (κ1) is 19.0. The van der Waals surface area contributed by atoms with Gasteiger partial charge in [0.1, 0.15) is 0 Å². The van der Waals surface area contributed by atoms with E-state index in [0.29, 0.717) is 31.2 Å². The minimum atomic E-state index is -3.54. The van der Waals surface area contributed by atoms with Gasteiger partial charge in [-0.25, -0.2) is 13.2 Å². The van der Waals surface area contributed by atoms with Crippen molar-refractivity contribution in [3.63, 3.8) is 0 Å². The number of sulfonamides is 1. The van der Waals surface area contributed by atoms with Crippen LogP contribution in [0.2, 0.25) is 5.02 Å². The molecule has 1 aliphatic rings. The van der Waals surface area contributed by atoms with Crippen LogP contribution in [0.5, 0.6) is 0 Å². The van der Waals surface area contributed by atoms with Gasteiger partial charge in [0.15, 0.2) is 0 Å². The monoisotopic (exact) mass is 373 g/mol. The minimum absolute atomic E-state index is 0.118. The van der Waals surface area contributed by atoms with E-state index in [9.17, 15) is 13.2 Å². The van der Waals surface area contributed by atoms with E-state index in [1.54, 1.807) is 17.0 Å². The lowest BCUT2D eigenvalue weighted by molar-refractivity contribution is 0.168. The highest BCUT2D eigenvalue weighted by Gasteiger charge is 2.30. The van der Waals surface area contributed by atoms with Crippen LogP contribution in [0.3, 0.4) is 0 Å². The standard InChI is InChI=1S/C16H24ClN3O3S/c1-3-14(4-2)18-16(21)19-9-11-20(12-10-19)24(22,23)15-7-5-13(17)6-8-15/h5-8,14H,3-4,9-12H2,1-2H3,(H,18,21). The molecular weight excluding hydrogens is 350 g/mol. The van der Waals surface area contributed by atoms with E-state index in [-0.39, 0.29) is 17.0 Å². The van der Waals surface area contributed by atoms with Crippen LogP contribution in [0.15, 0.2) is 29.2 Å². The number of piperazine rings is 1. The van der Waals surface area contributed by atoms with Gasteiger partial charge in [-0.05, 0) is 37.1 Å². The molecule has 1 saturated heterocycles. The minimum Gasteiger partial charge on any atom is -0.335 e. The maximum absolute atomic E-state index is 12.6. The largest absolute Gasteiger partial charge is 0.335 e. The zero-order valence-corrected chi connectivity index (χ0v) is 15.6. The summed E-state index contributed by atoms with van der Waals surface area (Å²) in [6.07, 6.45) is 1.76. The predicted octanol–water partition coefficient (Wildman–Crippen LogP) is 2.54. The Bertz CT molecular complexity index is 652. The third kappa shape index (κ3) is 4.40. The fourth-order valence-corrected chi connectivity index (χ4v) is 4.19. The number of nitrogens with one attached hydrogen (secondary N) is 1. The third-order valence-corrected chi connectivity index (χ3v) is 6.46. The molecule has 0 unspecified atom stereocenters. The second-order valence-corrected chi connectivity index (χ2v) is 8.18. The average molecular weight is 374 g/mol. The molecule has 0 spiro atoms. The molecule has 1 N–H and O–H groups in total. The Kier molecular flexibility index (Phi) is 6.48.